The van der Waals surface area contributed by atoms with E-state index in [9.17, 15) is 9.59 Å². The second-order valence-electron chi connectivity index (χ2n) is 7.73. The standard InChI is InChI=1S/C23H37N5O2/c1-5-27(6-2)16-11-12-18(3)26-23(24-4)25-15-9-10-17-28-21(29)19-13-7-8-14-20(19)22(28)30/h7-8,13-14,18H,5-6,9-12,15-17H2,1-4H3,(H2,24,25,26). The molecule has 1 unspecified atom stereocenters. The number of aliphatic imine (C=N–C) groups is 1. The van der Waals surface area contributed by atoms with Crippen LogP contribution in [-0.2, 0) is 0 Å². The number of amides is 2. The topological polar surface area (TPSA) is 77.0 Å². The number of hydrogen-bond acceptors (Lipinski definition) is 4. The number of unbranched alkanes of at least 4 members (excludes halogenated alkanes) is 1. The number of nitrogens with zero attached hydrogens (tertiary/aromatic N) is 3. The fourth-order valence-corrected chi connectivity index (χ4v) is 3.71. The largest absolute Gasteiger partial charge is 0.356 e. The number of imide groups is 1. The molecule has 1 aromatic rings. The van der Waals surface area contributed by atoms with E-state index in [-0.39, 0.29) is 11.8 Å². The van der Waals surface area contributed by atoms with E-state index in [1.165, 1.54) is 4.90 Å². The highest BCUT2D eigenvalue weighted by Gasteiger charge is 2.34. The first-order valence-electron chi connectivity index (χ1n) is 11.2. The van der Waals surface area contributed by atoms with Crippen molar-refractivity contribution in [2.45, 2.75) is 52.5 Å². The predicted molar refractivity (Wildman–Crippen MR) is 122 cm³/mol. The van der Waals surface area contributed by atoms with Crippen molar-refractivity contribution < 1.29 is 9.59 Å². The van der Waals surface area contributed by atoms with Crippen LogP contribution >= 0.6 is 0 Å². The summed E-state index contributed by atoms with van der Waals surface area (Å²) in [7, 11) is 1.77. The Bertz CT molecular complexity index is 695. The molecule has 0 saturated carbocycles. The lowest BCUT2D eigenvalue weighted by Crippen LogP contribution is -2.43. The van der Waals surface area contributed by atoms with E-state index in [0.717, 1.165) is 57.8 Å². The summed E-state index contributed by atoms with van der Waals surface area (Å²) in [6, 6.07) is 7.37. The van der Waals surface area contributed by atoms with Crippen LogP contribution in [0.1, 0.15) is 67.2 Å². The predicted octanol–water partition coefficient (Wildman–Crippen LogP) is 2.74. The average molecular weight is 416 g/mol. The summed E-state index contributed by atoms with van der Waals surface area (Å²) >= 11 is 0. The van der Waals surface area contributed by atoms with Gasteiger partial charge < -0.3 is 15.5 Å². The Morgan fingerprint density at radius 1 is 1.07 bits per heavy atom. The van der Waals surface area contributed by atoms with Crippen molar-refractivity contribution in [1.82, 2.24) is 20.4 Å². The van der Waals surface area contributed by atoms with Gasteiger partial charge in [-0.25, -0.2) is 0 Å². The van der Waals surface area contributed by atoms with Crippen LogP contribution in [0.25, 0.3) is 0 Å². The number of guanidine groups is 1. The number of hydrogen-bond donors (Lipinski definition) is 2. The fraction of sp³-hybridized carbons (Fsp3) is 0.609. The maximum Gasteiger partial charge on any atom is 0.261 e. The number of fused-ring (bicyclic) bond motifs is 1. The monoisotopic (exact) mass is 415 g/mol. The van der Waals surface area contributed by atoms with Gasteiger partial charge in [0.15, 0.2) is 5.96 Å². The molecule has 1 aromatic carbocycles. The van der Waals surface area contributed by atoms with Crippen LogP contribution in [0.5, 0.6) is 0 Å². The van der Waals surface area contributed by atoms with Gasteiger partial charge in [0.1, 0.15) is 0 Å². The van der Waals surface area contributed by atoms with Gasteiger partial charge >= 0.3 is 0 Å². The molecule has 7 heteroatoms. The highest BCUT2D eigenvalue weighted by atomic mass is 16.2. The molecule has 1 aliphatic heterocycles. The van der Waals surface area contributed by atoms with E-state index < -0.39 is 0 Å². The van der Waals surface area contributed by atoms with Gasteiger partial charge in [0.25, 0.3) is 11.8 Å². The number of rotatable bonds is 12. The van der Waals surface area contributed by atoms with Crippen molar-refractivity contribution in [1.29, 1.82) is 0 Å². The quantitative estimate of drug-likeness (QED) is 0.238. The maximum absolute atomic E-state index is 12.4. The molecule has 0 fully saturated rings. The minimum atomic E-state index is -0.181. The summed E-state index contributed by atoms with van der Waals surface area (Å²) in [4.78, 5) is 32.8. The lowest BCUT2D eigenvalue weighted by molar-refractivity contribution is 0.0652. The van der Waals surface area contributed by atoms with E-state index >= 15 is 0 Å². The molecule has 0 aliphatic carbocycles. The first-order chi connectivity index (χ1) is 14.5. The van der Waals surface area contributed by atoms with Gasteiger partial charge in [0.05, 0.1) is 11.1 Å². The van der Waals surface area contributed by atoms with Crippen LogP contribution in [-0.4, -0.2) is 73.4 Å². The highest BCUT2D eigenvalue weighted by molar-refractivity contribution is 6.21. The molecule has 0 saturated heterocycles. The molecule has 1 atom stereocenters. The van der Waals surface area contributed by atoms with E-state index in [1.54, 1.807) is 31.3 Å². The van der Waals surface area contributed by atoms with Crippen LogP contribution in [0.3, 0.4) is 0 Å². The first kappa shape index (κ1) is 23.9. The van der Waals surface area contributed by atoms with Crippen molar-refractivity contribution in [3.63, 3.8) is 0 Å². The molecule has 0 radical (unpaired) electrons. The summed E-state index contributed by atoms with van der Waals surface area (Å²) in [6.45, 7) is 11.1. The van der Waals surface area contributed by atoms with Gasteiger partial charge in [0, 0.05) is 26.2 Å². The van der Waals surface area contributed by atoms with Crippen LogP contribution < -0.4 is 10.6 Å². The van der Waals surface area contributed by atoms with Crippen molar-refractivity contribution in [2.24, 2.45) is 4.99 Å². The van der Waals surface area contributed by atoms with Gasteiger partial charge in [-0.1, -0.05) is 26.0 Å². The third-order valence-electron chi connectivity index (χ3n) is 5.59. The zero-order valence-corrected chi connectivity index (χ0v) is 18.9. The molecule has 2 amide bonds. The van der Waals surface area contributed by atoms with Gasteiger partial charge in [0.2, 0.25) is 0 Å². The smallest absolute Gasteiger partial charge is 0.261 e. The number of carbonyl (C=O) groups excluding carboxylic acids is 2. The van der Waals surface area contributed by atoms with Crippen molar-refractivity contribution in [2.75, 3.05) is 39.8 Å². The Labute approximate surface area is 180 Å². The first-order valence-corrected chi connectivity index (χ1v) is 11.2. The van der Waals surface area contributed by atoms with Crippen LogP contribution in [0.15, 0.2) is 29.3 Å². The molecular weight excluding hydrogens is 378 g/mol. The maximum atomic E-state index is 12.4. The average Bonchev–Trinajstić information content (AvgIpc) is 3.00. The minimum Gasteiger partial charge on any atom is -0.356 e. The molecular formula is C23H37N5O2. The van der Waals surface area contributed by atoms with Crippen LogP contribution in [0, 0.1) is 0 Å². The van der Waals surface area contributed by atoms with E-state index in [1.807, 2.05) is 0 Å². The van der Waals surface area contributed by atoms with Gasteiger partial charge in [-0.2, -0.15) is 0 Å². The second-order valence-corrected chi connectivity index (χ2v) is 7.73. The second kappa shape index (κ2) is 12.3. The number of benzene rings is 1. The Morgan fingerprint density at radius 3 is 2.27 bits per heavy atom. The van der Waals surface area contributed by atoms with E-state index in [4.69, 9.17) is 0 Å². The Kier molecular flexibility index (Phi) is 9.80. The lowest BCUT2D eigenvalue weighted by atomic mass is 10.1. The molecule has 0 bridgehead atoms. The molecule has 166 valence electrons. The summed E-state index contributed by atoms with van der Waals surface area (Å²) in [6.07, 6.45) is 3.86. The molecule has 1 heterocycles. The molecule has 2 rings (SSSR count). The zero-order valence-electron chi connectivity index (χ0n) is 18.9. The molecule has 7 nitrogen and oxygen atoms in total. The van der Waals surface area contributed by atoms with Crippen LogP contribution in [0.2, 0.25) is 0 Å². The molecule has 2 N–H and O–H groups in total. The van der Waals surface area contributed by atoms with Crippen molar-refractivity contribution in [3.05, 3.63) is 35.4 Å². The fourth-order valence-electron chi connectivity index (χ4n) is 3.71. The summed E-state index contributed by atoms with van der Waals surface area (Å²) in [5.41, 5.74) is 1.03. The number of carbonyl (C=O) groups is 2. The Hall–Kier alpha value is -2.41. The molecule has 30 heavy (non-hydrogen) atoms. The van der Waals surface area contributed by atoms with Gasteiger partial charge in [-0.15, -0.1) is 0 Å². The van der Waals surface area contributed by atoms with Gasteiger partial charge in [-0.3, -0.25) is 19.5 Å². The van der Waals surface area contributed by atoms with Gasteiger partial charge in [-0.05, 0) is 64.4 Å². The third-order valence-corrected chi connectivity index (χ3v) is 5.59. The molecule has 1 aliphatic rings. The Balaban J connectivity index is 1.64. The lowest BCUT2D eigenvalue weighted by Gasteiger charge is -2.21. The van der Waals surface area contributed by atoms with Crippen molar-refractivity contribution in [3.8, 4) is 0 Å². The highest BCUT2D eigenvalue weighted by Crippen LogP contribution is 2.22. The van der Waals surface area contributed by atoms with Crippen LogP contribution in [0.4, 0.5) is 0 Å². The molecule has 0 aromatic heterocycles. The molecule has 0 spiro atoms. The zero-order chi connectivity index (χ0) is 21.9. The normalized spacial score (nSPS) is 15.0. The third kappa shape index (κ3) is 6.55. The Morgan fingerprint density at radius 2 is 1.70 bits per heavy atom. The summed E-state index contributed by atoms with van der Waals surface area (Å²) in [5, 5.41) is 6.76. The summed E-state index contributed by atoms with van der Waals surface area (Å²) < 4.78 is 0. The van der Waals surface area contributed by atoms with Crippen molar-refractivity contribution >= 4 is 17.8 Å². The van der Waals surface area contributed by atoms with E-state index in [2.05, 4.69) is 41.3 Å². The SMILES string of the molecule is CCN(CC)CCCC(C)NC(=NC)NCCCCN1C(=O)c2ccccc2C1=O. The number of nitrogens with one attached hydrogen (secondary N) is 2. The summed E-state index contributed by atoms with van der Waals surface area (Å²) in [5.74, 6) is 0.435. The van der Waals surface area contributed by atoms with E-state index in [0.29, 0.717) is 23.7 Å². The minimum absolute atomic E-state index is 0.181.